The summed E-state index contributed by atoms with van der Waals surface area (Å²) in [7, 11) is -2.22. The minimum atomic E-state index is -2.22. The molecule has 2 aliphatic rings. The lowest BCUT2D eigenvalue weighted by atomic mass is 9.87. The van der Waals surface area contributed by atoms with Gasteiger partial charge in [0, 0.05) is 50.5 Å². The monoisotopic (exact) mass is 744 g/mol. The van der Waals surface area contributed by atoms with Crippen LogP contribution in [0.5, 0.6) is 0 Å². The summed E-state index contributed by atoms with van der Waals surface area (Å²) >= 11 is 0. The van der Waals surface area contributed by atoms with Gasteiger partial charge in [0.05, 0.1) is 0 Å². The van der Waals surface area contributed by atoms with Gasteiger partial charge in [-0.15, -0.1) is 0 Å². The van der Waals surface area contributed by atoms with Crippen molar-refractivity contribution in [3.05, 3.63) is 36.0 Å². The first-order valence-corrected chi connectivity index (χ1v) is 21.9. The van der Waals surface area contributed by atoms with Crippen LogP contribution in [0.15, 0.2) is 30.5 Å². The standard InChI is InChI=1S/C39H64N4O8Si/c1-24(15-13-19-38(5,6)52(9,10)47)25(2)16-14-20-48-37-33(43-27(4)45)35-34(50-39(7,8)51-35)32(49-37)23-41-36(46)31(42-26(3)44)21-28-22-40-30-18-12-11-17-29(28)30/h11-12,17-18,22,24-25,31-35,37,40,47H,13-16,19-21,23H2,1-10H3,(H,41,46)(H,42,44)(H,43,45). The molecule has 2 aromatic rings. The second-order valence-corrected chi connectivity index (χ2v) is 21.2. The number of H-pyrrole nitrogens is 1. The quantitative estimate of drug-likeness (QED) is 0.102. The van der Waals surface area contributed by atoms with E-state index < -0.39 is 50.8 Å². The Morgan fingerprint density at radius 1 is 1.02 bits per heavy atom. The molecule has 13 heteroatoms. The summed E-state index contributed by atoms with van der Waals surface area (Å²) in [6.45, 7) is 20.0. The summed E-state index contributed by atoms with van der Waals surface area (Å²) < 4.78 is 25.4. The molecular weight excluding hydrogens is 681 g/mol. The predicted octanol–water partition coefficient (Wildman–Crippen LogP) is 5.30. The molecule has 292 valence electrons. The summed E-state index contributed by atoms with van der Waals surface area (Å²) in [5, 5.41) is 9.73. The maximum absolute atomic E-state index is 13.6. The van der Waals surface area contributed by atoms with Crippen molar-refractivity contribution < 1.29 is 38.1 Å². The number of hydrogen-bond acceptors (Lipinski definition) is 8. The Hall–Kier alpha value is -2.81. The fourth-order valence-electron chi connectivity index (χ4n) is 7.21. The first-order chi connectivity index (χ1) is 24.3. The average Bonchev–Trinajstić information content (AvgIpc) is 3.61. The van der Waals surface area contributed by atoms with Gasteiger partial charge in [0.25, 0.3) is 0 Å². The maximum Gasteiger partial charge on any atom is 0.243 e. The molecule has 8 unspecified atom stereocenters. The Kier molecular flexibility index (Phi) is 14.2. The molecule has 5 N–H and O–H groups in total. The second-order valence-electron chi connectivity index (χ2n) is 16.7. The van der Waals surface area contributed by atoms with Gasteiger partial charge >= 0.3 is 0 Å². The van der Waals surface area contributed by atoms with E-state index in [2.05, 4.69) is 48.6 Å². The Morgan fingerprint density at radius 3 is 2.33 bits per heavy atom. The smallest absolute Gasteiger partial charge is 0.243 e. The number of aromatic amines is 1. The minimum Gasteiger partial charge on any atom is -0.432 e. The Bertz CT molecular complexity index is 1510. The molecule has 0 bridgehead atoms. The summed E-state index contributed by atoms with van der Waals surface area (Å²) in [6.07, 6.45) is 4.53. The Morgan fingerprint density at radius 2 is 1.67 bits per heavy atom. The highest BCUT2D eigenvalue weighted by atomic mass is 28.4. The third-order valence-corrected chi connectivity index (χ3v) is 14.9. The Labute approximate surface area is 311 Å². The van der Waals surface area contributed by atoms with Crippen molar-refractivity contribution in [1.29, 1.82) is 0 Å². The number of carbonyl (C=O) groups is 3. The van der Waals surface area contributed by atoms with Crippen molar-refractivity contribution in [2.45, 2.75) is 155 Å². The largest absolute Gasteiger partial charge is 0.432 e. The molecule has 3 amide bonds. The molecule has 0 aliphatic carbocycles. The van der Waals surface area contributed by atoms with Gasteiger partial charge in [0.15, 0.2) is 20.4 Å². The zero-order valence-corrected chi connectivity index (χ0v) is 34.0. The highest BCUT2D eigenvalue weighted by Crippen LogP contribution is 2.41. The van der Waals surface area contributed by atoms with E-state index in [4.69, 9.17) is 18.9 Å². The van der Waals surface area contributed by atoms with Crippen LogP contribution < -0.4 is 16.0 Å². The first kappa shape index (κ1) is 41.9. The number of para-hydroxylation sites is 1. The minimum absolute atomic E-state index is 0.0116. The molecule has 52 heavy (non-hydrogen) atoms. The molecular formula is C39H64N4O8Si. The van der Waals surface area contributed by atoms with Gasteiger partial charge in [-0.3, -0.25) is 14.4 Å². The topological polar surface area (TPSA) is 160 Å². The van der Waals surface area contributed by atoms with Gasteiger partial charge in [-0.25, -0.2) is 0 Å². The third-order valence-electron chi connectivity index (χ3n) is 11.3. The first-order valence-electron chi connectivity index (χ1n) is 19.0. The van der Waals surface area contributed by atoms with Crippen molar-refractivity contribution in [2.24, 2.45) is 11.8 Å². The number of amides is 3. The zero-order valence-electron chi connectivity index (χ0n) is 33.0. The molecule has 2 aliphatic heterocycles. The van der Waals surface area contributed by atoms with Gasteiger partial charge in [-0.1, -0.05) is 58.7 Å². The number of aromatic nitrogens is 1. The van der Waals surface area contributed by atoms with Crippen LogP contribution in [0.25, 0.3) is 10.9 Å². The third kappa shape index (κ3) is 11.1. The zero-order chi connectivity index (χ0) is 38.4. The van der Waals surface area contributed by atoms with Crippen LogP contribution in [0.4, 0.5) is 0 Å². The van der Waals surface area contributed by atoms with E-state index in [-0.39, 0.29) is 29.3 Å². The molecule has 2 fully saturated rings. The molecule has 0 spiro atoms. The SMILES string of the molecule is CC(=O)NC(Cc1c[nH]c2ccccc12)C(=O)NCC1OC(OCCCC(C)C(C)CCCC(C)(C)[Si](C)(C)O)C(NC(C)=O)C2OC(C)(C)OC12. The van der Waals surface area contributed by atoms with Crippen LogP contribution >= 0.6 is 0 Å². The maximum atomic E-state index is 13.6. The normalized spacial score (nSPS) is 24.9. The van der Waals surface area contributed by atoms with Crippen LogP contribution in [0.2, 0.25) is 18.1 Å². The van der Waals surface area contributed by atoms with Gasteiger partial charge in [0.2, 0.25) is 17.7 Å². The van der Waals surface area contributed by atoms with Crippen molar-refractivity contribution >= 4 is 36.9 Å². The van der Waals surface area contributed by atoms with Crippen LogP contribution in [0.3, 0.4) is 0 Å². The van der Waals surface area contributed by atoms with Crippen LogP contribution in [-0.4, -0.2) is 91.4 Å². The van der Waals surface area contributed by atoms with Gasteiger partial charge in [0.1, 0.15) is 30.4 Å². The summed E-state index contributed by atoms with van der Waals surface area (Å²) in [5.74, 6) is -0.825. The van der Waals surface area contributed by atoms with E-state index in [1.807, 2.05) is 57.4 Å². The van der Waals surface area contributed by atoms with Crippen LogP contribution in [0, 0.1) is 11.8 Å². The molecule has 1 aromatic heterocycles. The van der Waals surface area contributed by atoms with Crippen molar-refractivity contribution in [3.8, 4) is 0 Å². The van der Waals surface area contributed by atoms with E-state index in [0.29, 0.717) is 24.9 Å². The fraction of sp³-hybridized carbons (Fsp3) is 0.718. The van der Waals surface area contributed by atoms with Gasteiger partial charge < -0.3 is 44.7 Å². The lowest BCUT2D eigenvalue weighted by Gasteiger charge is -2.42. The molecule has 0 radical (unpaired) electrons. The van der Waals surface area contributed by atoms with E-state index in [9.17, 15) is 19.2 Å². The number of fused-ring (bicyclic) bond motifs is 2. The average molecular weight is 745 g/mol. The second kappa shape index (κ2) is 17.6. The van der Waals surface area contributed by atoms with Gasteiger partial charge in [-0.05, 0) is 74.7 Å². The summed E-state index contributed by atoms with van der Waals surface area (Å²) in [5.41, 5.74) is 1.87. The number of carbonyl (C=O) groups excluding carboxylic acids is 3. The van der Waals surface area contributed by atoms with Crippen molar-refractivity contribution in [2.75, 3.05) is 13.2 Å². The number of rotatable bonds is 18. The lowest BCUT2D eigenvalue weighted by molar-refractivity contribution is -0.243. The molecule has 12 nitrogen and oxygen atoms in total. The fourth-order valence-corrected chi connectivity index (χ4v) is 8.00. The molecule has 3 heterocycles. The molecule has 1 aromatic carbocycles. The molecule has 2 saturated heterocycles. The number of nitrogens with one attached hydrogen (secondary N) is 4. The predicted molar refractivity (Wildman–Crippen MR) is 204 cm³/mol. The van der Waals surface area contributed by atoms with E-state index in [0.717, 1.165) is 48.6 Å². The van der Waals surface area contributed by atoms with Crippen LogP contribution in [-0.2, 0) is 39.8 Å². The highest BCUT2D eigenvalue weighted by Gasteiger charge is 2.56. The summed E-state index contributed by atoms with van der Waals surface area (Å²) in [4.78, 5) is 52.0. The number of ether oxygens (including phenoxy) is 4. The van der Waals surface area contributed by atoms with E-state index in [1.54, 1.807) is 0 Å². The molecule has 8 atom stereocenters. The lowest BCUT2D eigenvalue weighted by Crippen LogP contribution is -2.65. The van der Waals surface area contributed by atoms with Crippen molar-refractivity contribution in [1.82, 2.24) is 20.9 Å². The molecule has 4 rings (SSSR count). The highest BCUT2D eigenvalue weighted by molar-refractivity contribution is 6.72. The Balaban J connectivity index is 1.38. The van der Waals surface area contributed by atoms with E-state index in [1.165, 1.54) is 13.8 Å². The van der Waals surface area contributed by atoms with Gasteiger partial charge in [-0.2, -0.15) is 0 Å². The molecule has 0 saturated carbocycles. The number of benzene rings is 1. The van der Waals surface area contributed by atoms with E-state index >= 15 is 0 Å². The summed E-state index contributed by atoms with van der Waals surface area (Å²) in [6, 6.07) is 6.39. The number of hydrogen-bond donors (Lipinski definition) is 5. The van der Waals surface area contributed by atoms with Crippen LogP contribution in [0.1, 0.15) is 93.1 Å². The van der Waals surface area contributed by atoms with Crippen molar-refractivity contribution in [3.63, 3.8) is 0 Å².